The molecule has 172 valence electrons. The number of hydrazone groups is 1. The number of amides is 1. The van der Waals surface area contributed by atoms with E-state index in [2.05, 4.69) is 5.10 Å². The van der Waals surface area contributed by atoms with Gasteiger partial charge >= 0.3 is 5.76 Å². The molecule has 10 heteroatoms. The maximum atomic E-state index is 13.4. The predicted octanol–water partition coefficient (Wildman–Crippen LogP) is 4.57. The van der Waals surface area contributed by atoms with Crippen LogP contribution in [0.3, 0.4) is 0 Å². The Morgan fingerprint density at radius 2 is 2.06 bits per heavy atom. The van der Waals surface area contributed by atoms with Crippen LogP contribution in [0.5, 0.6) is 0 Å². The number of carbonyl (C=O) groups is 1. The zero-order valence-corrected chi connectivity index (χ0v) is 18.8. The number of nitrogens with zero attached hydrogens (tertiary/aromatic N) is 4. The first-order chi connectivity index (χ1) is 16.7. The molecule has 0 spiro atoms. The summed E-state index contributed by atoms with van der Waals surface area (Å²) in [6.07, 6.45) is 7.88. The molecule has 4 aromatic heterocycles. The smallest absolute Gasteiger partial charge is 0.437 e. The molecule has 5 heterocycles. The highest BCUT2D eigenvalue weighted by Crippen LogP contribution is 2.44. The van der Waals surface area contributed by atoms with Crippen molar-refractivity contribution in [2.45, 2.75) is 31.8 Å². The molecule has 1 fully saturated rings. The zero-order chi connectivity index (χ0) is 23.1. The average Bonchev–Trinajstić information content (AvgIpc) is 3.64. The molecule has 0 bridgehead atoms. The van der Waals surface area contributed by atoms with Gasteiger partial charge in [-0.25, -0.2) is 9.80 Å². The quantitative estimate of drug-likeness (QED) is 0.418. The van der Waals surface area contributed by atoms with E-state index in [-0.39, 0.29) is 24.3 Å². The number of carbonyl (C=O) groups excluding carboxylic acids is 1. The third kappa shape index (κ3) is 3.65. The molecule has 2 atom stereocenters. The normalized spacial score (nSPS) is 21.1. The maximum absolute atomic E-state index is 13.4. The van der Waals surface area contributed by atoms with Crippen molar-refractivity contribution in [3.8, 4) is 10.8 Å². The van der Waals surface area contributed by atoms with Crippen LogP contribution in [0.25, 0.3) is 16.8 Å². The molecule has 0 radical (unpaired) electrons. The van der Waals surface area contributed by atoms with E-state index in [9.17, 15) is 9.59 Å². The summed E-state index contributed by atoms with van der Waals surface area (Å²) in [5, 5.41) is 12.3. The monoisotopic (exact) mass is 476 g/mol. The van der Waals surface area contributed by atoms with Crippen LogP contribution in [0.4, 0.5) is 0 Å². The number of hydrogen-bond donors (Lipinski definition) is 0. The Kier molecular flexibility index (Phi) is 5.14. The molecular formula is C24H20N4O5S. The summed E-state index contributed by atoms with van der Waals surface area (Å²) in [7, 11) is 0. The summed E-state index contributed by atoms with van der Waals surface area (Å²) in [6, 6.07) is 10.6. The number of aromatic nitrogens is 2. The van der Waals surface area contributed by atoms with Crippen LogP contribution in [0.15, 0.2) is 83.0 Å². The number of hydrogen-bond acceptors (Lipinski definition) is 8. The van der Waals surface area contributed by atoms with Gasteiger partial charge in [0, 0.05) is 5.92 Å². The Labute approximate surface area is 197 Å². The second kappa shape index (κ2) is 8.45. The molecule has 2 aliphatic rings. The Hall–Kier alpha value is -3.92. The van der Waals surface area contributed by atoms with Crippen molar-refractivity contribution in [2.75, 3.05) is 0 Å². The highest BCUT2D eigenvalue weighted by atomic mass is 32.1. The Morgan fingerprint density at radius 1 is 1.18 bits per heavy atom. The molecule has 2 unspecified atom stereocenters. The minimum absolute atomic E-state index is 0.0132. The van der Waals surface area contributed by atoms with E-state index >= 15 is 0 Å². The highest BCUT2D eigenvalue weighted by Gasteiger charge is 2.45. The van der Waals surface area contributed by atoms with Gasteiger partial charge in [0.1, 0.15) is 24.1 Å². The first-order valence-electron chi connectivity index (χ1n) is 11.0. The standard InChI is InChI=1S/C24H20N4O5S/c29-20(14-27-24(30)33-23(26-27)19-9-4-12-34-19)28-22(18-8-3-11-32-18)17-7-1-5-15(21(17)25-28)13-16-6-2-10-31-16/h2-4,6,8-13,17,22H,1,5,7,14H2. The van der Waals surface area contributed by atoms with Gasteiger partial charge < -0.3 is 13.3 Å². The average molecular weight is 477 g/mol. The lowest BCUT2D eigenvalue weighted by Gasteiger charge is -2.27. The fourth-order valence-corrected chi connectivity index (χ4v) is 5.24. The minimum Gasteiger partial charge on any atom is -0.467 e. The maximum Gasteiger partial charge on any atom is 0.437 e. The Morgan fingerprint density at radius 3 is 2.82 bits per heavy atom. The Bertz CT molecular complexity index is 1410. The van der Waals surface area contributed by atoms with E-state index in [1.54, 1.807) is 24.7 Å². The second-order valence-corrected chi connectivity index (χ2v) is 9.12. The Balaban J connectivity index is 1.34. The predicted molar refractivity (Wildman–Crippen MR) is 124 cm³/mol. The summed E-state index contributed by atoms with van der Waals surface area (Å²) in [6.45, 7) is -0.286. The molecule has 0 saturated heterocycles. The molecule has 1 aliphatic heterocycles. The molecular weight excluding hydrogens is 456 g/mol. The highest BCUT2D eigenvalue weighted by molar-refractivity contribution is 7.13. The molecule has 1 saturated carbocycles. The van der Waals surface area contributed by atoms with Gasteiger partial charge in [-0.2, -0.15) is 9.78 Å². The van der Waals surface area contributed by atoms with Crippen molar-refractivity contribution in [2.24, 2.45) is 11.0 Å². The number of allylic oxidation sites excluding steroid dienone is 1. The van der Waals surface area contributed by atoms with Crippen molar-refractivity contribution in [3.05, 3.63) is 81.9 Å². The molecule has 4 aromatic rings. The van der Waals surface area contributed by atoms with Gasteiger partial charge in [0.05, 0.1) is 23.1 Å². The van der Waals surface area contributed by atoms with Crippen LogP contribution in [0.2, 0.25) is 0 Å². The number of thiophene rings is 1. The molecule has 34 heavy (non-hydrogen) atoms. The fraction of sp³-hybridized carbons (Fsp3) is 0.250. The lowest BCUT2D eigenvalue weighted by molar-refractivity contribution is -0.135. The van der Waals surface area contributed by atoms with Crippen LogP contribution < -0.4 is 5.76 Å². The summed E-state index contributed by atoms with van der Waals surface area (Å²) in [4.78, 5) is 26.5. The van der Waals surface area contributed by atoms with Gasteiger partial charge in [0.15, 0.2) is 0 Å². The van der Waals surface area contributed by atoms with E-state index in [1.165, 1.54) is 16.3 Å². The summed E-state index contributed by atoms with van der Waals surface area (Å²) in [5.41, 5.74) is 1.89. The van der Waals surface area contributed by atoms with Crippen LogP contribution in [-0.2, 0) is 11.3 Å². The zero-order valence-electron chi connectivity index (χ0n) is 18.0. The minimum atomic E-state index is -0.686. The van der Waals surface area contributed by atoms with Gasteiger partial charge in [-0.05, 0) is 66.6 Å². The lowest BCUT2D eigenvalue weighted by Crippen LogP contribution is -2.35. The van der Waals surface area contributed by atoms with Crippen molar-refractivity contribution in [3.63, 3.8) is 0 Å². The number of rotatable bonds is 5. The molecule has 6 rings (SSSR count). The molecule has 0 N–H and O–H groups in total. The molecule has 9 nitrogen and oxygen atoms in total. The van der Waals surface area contributed by atoms with E-state index in [0.717, 1.165) is 45.9 Å². The number of furan rings is 2. The first-order valence-corrected chi connectivity index (χ1v) is 11.9. The molecule has 0 aromatic carbocycles. The van der Waals surface area contributed by atoms with Crippen LogP contribution in [0, 0.1) is 5.92 Å². The summed E-state index contributed by atoms with van der Waals surface area (Å²) in [5.74, 6) is 0.528. The number of fused-ring (bicyclic) bond motifs is 1. The SMILES string of the molecule is O=C(Cn1nc(-c2cccs2)oc1=O)N1N=C2C(=Cc3ccco3)CCCC2C1c1ccco1. The van der Waals surface area contributed by atoms with Crippen LogP contribution in [-0.4, -0.2) is 26.4 Å². The summed E-state index contributed by atoms with van der Waals surface area (Å²) < 4.78 is 17.5. The summed E-state index contributed by atoms with van der Waals surface area (Å²) >= 11 is 1.40. The third-order valence-corrected chi connectivity index (χ3v) is 6.93. The first kappa shape index (κ1) is 20.7. The van der Waals surface area contributed by atoms with Crippen molar-refractivity contribution in [1.29, 1.82) is 0 Å². The van der Waals surface area contributed by atoms with E-state index in [4.69, 9.17) is 18.4 Å². The van der Waals surface area contributed by atoms with E-state index < -0.39 is 11.8 Å². The second-order valence-electron chi connectivity index (χ2n) is 8.18. The molecule has 1 amide bonds. The van der Waals surface area contributed by atoms with E-state index in [1.807, 2.05) is 35.7 Å². The molecule has 1 aliphatic carbocycles. The third-order valence-electron chi connectivity index (χ3n) is 6.07. The topological polar surface area (TPSA) is 107 Å². The van der Waals surface area contributed by atoms with E-state index in [0.29, 0.717) is 5.76 Å². The van der Waals surface area contributed by atoms with Crippen LogP contribution >= 0.6 is 11.3 Å². The van der Waals surface area contributed by atoms with Gasteiger partial charge in [0.25, 0.3) is 11.8 Å². The fourth-order valence-electron chi connectivity index (χ4n) is 4.60. The van der Waals surface area contributed by atoms with Gasteiger partial charge in [-0.3, -0.25) is 4.79 Å². The van der Waals surface area contributed by atoms with Gasteiger partial charge in [0.2, 0.25) is 0 Å². The largest absolute Gasteiger partial charge is 0.467 e. The lowest BCUT2D eigenvalue weighted by atomic mass is 9.79. The van der Waals surface area contributed by atoms with Gasteiger partial charge in [-0.1, -0.05) is 6.07 Å². The van der Waals surface area contributed by atoms with Crippen molar-refractivity contribution < 1.29 is 18.0 Å². The van der Waals surface area contributed by atoms with Crippen LogP contribution in [0.1, 0.15) is 36.8 Å². The van der Waals surface area contributed by atoms with Gasteiger partial charge in [-0.15, -0.1) is 16.4 Å². The van der Waals surface area contributed by atoms with Crippen molar-refractivity contribution >= 4 is 29.0 Å². The van der Waals surface area contributed by atoms with Crippen molar-refractivity contribution in [1.82, 2.24) is 14.8 Å².